The number of fused-ring (bicyclic) bond motifs is 1. The number of nitrogens with one attached hydrogen (secondary N) is 1. The van der Waals surface area contributed by atoms with E-state index in [1.54, 1.807) is 0 Å². The Morgan fingerprint density at radius 3 is 2.75 bits per heavy atom. The highest BCUT2D eigenvalue weighted by Crippen LogP contribution is 2.28. The zero-order valence-electron chi connectivity index (χ0n) is 8.57. The topological polar surface area (TPSA) is 37.8 Å². The molecule has 0 fully saturated rings. The van der Waals surface area contributed by atoms with Crippen LogP contribution in [0.4, 0.5) is 5.82 Å². The van der Waals surface area contributed by atoms with Gasteiger partial charge in [-0.3, -0.25) is 0 Å². The largest absolute Gasteiger partial charge is 0.369 e. The van der Waals surface area contributed by atoms with Crippen molar-refractivity contribution >= 4 is 17.4 Å². The van der Waals surface area contributed by atoms with E-state index < -0.39 is 0 Å². The van der Waals surface area contributed by atoms with E-state index in [0.29, 0.717) is 11.0 Å². The maximum absolute atomic E-state index is 6.13. The Bertz CT molecular complexity index is 525. The fraction of sp³-hybridized carbons (Fsp3) is 0.167. The molecule has 1 aliphatic heterocycles. The standard InChI is InChI=1S/C12H10ClN3/c13-10-9-6-7-14-12(9)16-11(15-10)8-4-2-1-3-5-8/h1-5H,6-7H2,(H,14,15,16). The fourth-order valence-corrected chi connectivity index (χ4v) is 2.11. The molecule has 1 aromatic heterocycles. The molecule has 1 N–H and O–H groups in total. The number of hydrogen-bond acceptors (Lipinski definition) is 3. The molecule has 3 nitrogen and oxygen atoms in total. The lowest BCUT2D eigenvalue weighted by Crippen LogP contribution is -1.96. The van der Waals surface area contributed by atoms with Crippen LogP contribution in [0.2, 0.25) is 5.15 Å². The molecule has 0 atom stereocenters. The normalized spacial score (nSPS) is 13.3. The Morgan fingerprint density at radius 1 is 1.12 bits per heavy atom. The Balaban J connectivity index is 2.13. The monoisotopic (exact) mass is 231 g/mol. The van der Waals surface area contributed by atoms with Crippen LogP contribution >= 0.6 is 11.6 Å². The molecule has 1 aromatic carbocycles. The van der Waals surface area contributed by atoms with Gasteiger partial charge in [0.05, 0.1) is 0 Å². The summed E-state index contributed by atoms with van der Waals surface area (Å²) in [6.45, 7) is 0.891. The number of benzene rings is 1. The van der Waals surface area contributed by atoms with Crippen molar-refractivity contribution in [3.63, 3.8) is 0 Å². The smallest absolute Gasteiger partial charge is 0.163 e. The Labute approximate surface area is 98.5 Å². The molecule has 16 heavy (non-hydrogen) atoms. The van der Waals surface area contributed by atoms with Crippen LogP contribution in [0.15, 0.2) is 30.3 Å². The molecular formula is C12H10ClN3. The maximum atomic E-state index is 6.13. The van der Waals surface area contributed by atoms with Gasteiger partial charge in [-0.2, -0.15) is 0 Å². The van der Waals surface area contributed by atoms with E-state index in [9.17, 15) is 0 Å². The van der Waals surface area contributed by atoms with Crippen molar-refractivity contribution < 1.29 is 0 Å². The Morgan fingerprint density at radius 2 is 1.94 bits per heavy atom. The summed E-state index contributed by atoms with van der Waals surface area (Å²) >= 11 is 6.13. The first-order valence-electron chi connectivity index (χ1n) is 5.20. The molecule has 0 unspecified atom stereocenters. The van der Waals surface area contributed by atoms with Gasteiger partial charge in [0.15, 0.2) is 5.82 Å². The summed E-state index contributed by atoms with van der Waals surface area (Å²) in [5, 5.41) is 3.78. The van der Waals surface area contributed by atoms with E-state index in [-0.39, 0.29) is 0 Å². The van der Waals surface area contributed by atoms with Crippen molar-refractivity contribution in [3.05, 3.63) is 41.0 Å². The summed E-state index contributed by atoms with van der Waals surface area (Å²) < 4.78 is 0. The second kappa shape index (κ2) is 3.76. The third kappa shape index (κ3) is 1.53. The minimum absolute atomic E-state index is 0.564. The van der Waals surface area contributed by atoms with Gasteiger partial charge in [-0.15, -0.1) is 0 Å². The number of anilines is 1. The van der Waals surface area contributed by atoms with Gasteiger partial charge in [0.1, 0.15) is 11.0 Å². The lowest BCUT2D eigenvalue weighted by atomic mass is 10.2. The zero-order valence-corrected chi connectivity index (χ0v) is 9.33. The van der Waals surface area contributed by atoms with Crippen molar-refractivity contribution in [2.75, 3.05) is 11.9 Å². The van der Waals surface area contributed by atoms with E-state index >= 15 is 0 Å². The average molecular weight is 232 g/mol. The molecule has 4 heteroatoms. The first kappa shape index (κ1) is 9.60. The predicted octanol–water partition coefficient (Wildman–Crippen LogP) is 2.77. The van der Waals surface area contributed by atoms with Gasteiger partial charge in [-0.25, -0.2) is 9.97 Å². The summed E-state index contributed by atoms with van der Waals surface area (Å²) in [5.74, 6) is 1.55. The van der Waals surface area contributed by atoms with Crippen LogP contribution in [0.5, 0.6) is 0 Å². The maximum Gasteiger partial charge on any atom is 0.163 e. The summed E-state index contributed by atoms with van der Waals surface area (Å²) in [6, 6.07) is 9.86. The quantitative estimate of drug-likeness (QED) is 0.767. The molecule has 3 rings (SSSR count). The van der Waals surface area contributed by atoms with Gasteiger partial charge >= 0.3 is 0 Å². The number of halogens is 1. The number of aromatic nitrogens is 2. The molecule has 80 valence electrons. The molecule has 1 aliphatic rings. The van der Waals surface area contributed by atoms with Crippen LogP contribution in [0.25, 0.3) is 11.4 Å². The Kier molecular flexibility index (Phi) is 2.26. The summed E-state index contributed by atoms with van der Waals surface area (Å²) in [6.07, 6.45) is 0.906. The number of hydrogen-bond donors (Lipinski definition) is 1. The van der Waals surface area contributed by atoms with Crippen LogP contribution in [-0.4, -0.2) is 16.5 Å². The van der Waals surface area contributed by atoms with Gasteiger partial charge in [-0.05, 0) is 6.42 Å². The highest BCUT2D eigenvalue weighted by atomic mass is 35.5. The van der Waals surface area contributed by atoms with Crippen molar-refractivity contribution in [2.45, 2.75) is 6.42 Å². The van der Waals surface area contributed by atoms with Gasteiger partial charge in [0, 0.05) is 17.7 Å². The molecule has 0 saturated heterocycles. The molecule has 0 spiro atoms. The van der Waals surface area contributed by atoms with Crippen LogP contribution < -0.4 is 5.32 Å². The molecule has 2 heterocycles. The van der Waals surface area contributed by atoms with Crippen LogP contribution in [0.3, 0.4) is 0 Å². The fourth-order valence-electron chi connectivity index (χ4n) is 1.85. The molecule has 0 saturated carbocycles. The molecule has 0 bridgehead atoms. The molecular weight excluding hydrogens is 222 g/mol. The Hall–Kier alpha value is -1.61. The lowest BCUT2D eigenvalue weighted by molar-refractivity contribution is 1.09. The third-order valence-electron chi connectivity index (χ3n) is 2.66. The third-order valence-corrected chi connectivity index (χ3v) is 2.97. The second-order valence-corrected chi connectivity index (χ2v) is 4.07. The van der Waals surface area contributed by atoms with Gasteiger partial charge in [0.25, 0.3) is 0 Å². The minimum Gasteiger partial charge on any atom is -0.369 e. The van der Waals surface area contributed by atoms with E-state index in [4.69, 9.17) is 11.6 Å². The van der Waals surface area contributed by atoms with Crippen LogP contribution in [0, 0.1) is 0 Å². The van der Waals surface area contributed by atoms with Crippen molar-refractivity contribution in [2.24, 2.45) is 0 Å². The average Bonchev–Trinajstić information content (AvgIpc) is 2.79. The zero-order chi connectivity index (χ0) is 11.0. The number of nitrogens with zero attached hydrogens (tertiary/aromatic N) is 2. The highest BCUT2D eigenvalue weighted by Gasteiger charge is 2.17. The minimum atomic E-state index is 0.564. The predicted molar refractivity (Wildman–Crippen MR) is 64.7 cm³/mol. The highest BCUT2D eigenvalue weighted by molar-refractivity contribution is 6.30. The first-order chi connectivity index (χ1) is 7.84. The molecule has 2 aromatic rings. The summed E-state index contributed by atoms with van der Waals surface area (Å²) in [4.78, 5) is 8.81. The van der Waals surface area contributed by atoms with Crippen molar-refractivity contribution in [1.82, 2.24) is 9.97 Å². The van der Waals surface area contributed by atoms with Gasteiger partial charge < -0.3 is 5.32 Å². The van der Waals surface area contributed by atoms with Gasteiger partial charge in [-0.1, -0.05) is 41.9 Å². The SMILES string of the molecule is Clc1nc(-c2ccccc2)nc2c1CCN2. The summed E-state index contributed by atoms with van der Waals surface area (Å²) in [7, 11) is 0. The number of rotatable bonds is 1. The van der Waals surface area contributed by atoms with Crippen LogP contribution in [-0.2, 0) is 6.42 Å². The summed E-state index contributed by atoms with van der Waals surface area (Å²) in [5.41, 5.74) is 2.02. The molecule has 0 amide bonds. The van der Waals surface area contributed by atoms with Crippen molar-refractivity contribution in [3.8, 4) is 11.4 Å². The van der Waals surface area contributed by atoms with Crippen molar-refractivity contribution in [1.29, 1.82) is 0 Å². The van der Waals surface area contributed by atoms with E-state index in [1.165, 1.54) is 0 Å². The lowest BCUT2D eigenvalue weighted by Gasteiger charge is -2.05. The van der Waals surface area contributed by atoms with Crippen LogP contribution in [0.1, 0.15) is 5.56 Å². The second-order valence-electron chi connectivity index (χ2n) is 3.71. The molecule has 0 radical (unpaired) electrons. The van der Waals surface area contributed by atoms with E-state index in [1.807, 2.05) is 30.3 Å². The van der Waals surface area contributed by atoms with E-state index in [0.717, 1.165) is 29.9 Å². The molecule has 0 aliphatic carbocycles. The van der Waals surface area contributed by atoms with E-state index in [2.05, 4.69) is 15.3 Å². The van der Waals surface area contributed by atoms with Gasteiger partial charge in [0.2, 0.25) is 0 Å². The first-order valence-corrected chi connectivity index (χ1v) is 5.58.